The summed E-state index contributed by atoms with van der Waals surface area (Å²) in [4.78, 5) is 0. The second-order valence-electron chi connectivity index (χ2n) is 5.62. The maximum atomic E-state index is 4.55. The van der Waals surface area contributed by atoms with E-state index in [1.165, 1.54) is 17.0 Å². The van der Waals surface area contributed by atoms with Crippen molar-refractivity contribution in [2.45, 2.75) is 46.1 Å². The minimum Gasteiger partial charge on any atom is -0.309 e. The topological polar surface area (TPSA) is 47.7 Å². The molecule has 0 aliphatic rings. The molecular weight excluding hydrogens is 262 g/mol. The van der Waals surface area contributed by atoms with Gasteiger partial charge in [-0.25, -0.2) is 0 Å². The Hall–Kier alpha value is -1.62. The van der Waals surface area contributed by atoms with E-state index < -0.39 is 0 Å². The molecule has 0 saturated carbocycles. The van der Waals surface area contributed by atoms with Crippen LogP contribution in [-0.2, 0) is 26.9 Å². The van der Waals surface area contributed by atoms with Gasteiger partial charge in [-0.3, -0.25) is 9.36 Å². The van der Waals surface area contributed by atoms with Crippen LogP contribution in [0.3, 0.4) is 0 Å². The fourth-order valence-corrected chi connectivity index (χ4v) is 2.61. The third-order valence-corrected chi connectivity index (χ3v) is 4.09. The third kappa shape index (κ3) is 3.53. The number of rotatable bonds is 7. The van der Waals surface area contributed by atoms with Crippen LogP contribution >= 0.6 is 0 Å². The molecule has 1 N–H and O–H groups in total. The molecule has 0 aliphatic carbocycles. The third-order valence-electron chi connectivity index (χ3n) is 4.09. The van der Waals surface area contributed by atoms with Crippen LogP contribution in [0.2, 0.25) is 0 Å². The average molecular weight is 289 g/mol. The molecule has 0 aromatic carbocycles. The van der Waals surface area contributed by atoms with Crippen molar-refractivity contribution in [1.29, 1.82) is 0 Å². The first-order valence-electron chi connectivity index (χ1n) is 7.80. The first-order chi connectivity index (χ1) is 10.1. The molecule has 0 spiro atoms. The molecule has 2 rings (SSSR count). The van der Waals surface area contributed by atoms with Gasteiger partial charge in [0.05, 0.1) is 11.9 Å². The lowest BCUT2D eigenvalue weighted by Gasteiger charge is -2.18. The lowest BCUT2D eigenvalue weighted by molar-refractivity contribution is 0.509. The Morgan fingerprint density at radius 3 is 2.52 bits per heavy atom. The number of aromatic nitrogens is 4. The van der Waals surface area contributed by atoms with Gasteiger partial charge >= 0.3 is 0 Å². The first-order valence-corrected chi connectivity index (χ1v) is 7.80. The zero-order valence-electron chi connectivity index (χ0n) is 13.8. The van der Waals surface area contributed by atoms with Crippen LogP contribution in [0.25, 0.3) is 0 Å². The van der Waals surface area contributed by atoms with Crippen LogP contribution in [0.1, 0.15) is 49.0 Å². The molecule has 0 saturated heterocycles. The summed E-state index contributed by atoms with van der Waals surface area (Å²) in [6.07, 6.45) is 5.03. The SMILES string of the molecule is CCCNC(Cc1cc(CC)nn1C)c1cnn(C)c1C. The van der Waals surface area contributed by atoms with Gasteiger partial charge in [0.1, 0.15) is 0 Å². The van der Waals surface area contributed by atoms with E-state index in [1.54, 1.807) is 0 Å². The van der Waals surface area contributed by atoms with Gasteiger partial charge in [-0.2, -0.15) is 10.2 Å². The Balaban J connectivity index is 2.23. The highest BCUT2D eigenvalue weighted by atomic mass is 15.3. The molecule has 21 heavy (non-hydrogen) atoms. The lowest BCUT2D eigenvalue weighted by Crippen LogP contribution is -2.25. The molecule has 5 nitrogen and oxygen atoms in total. The summed E-state index contributed by atoms with van der Waals surface area (Å²) in [5.74, 6) is 0. The highest BCUT2D eigenvalue weighted by Crippen LogP contribution is 2.21. The number of hydrogen-bond donors (Lipinski definition) is 1. The molecule has 116 valence electrons. The highest BCUT2D eigenvalue weighted by molar-refractivity contribution is 5.23. The number of nitrogens with one attached hydrogen (secondary N) is 1. The Morgan fingerprint density at radius 1 is 1.24 bits per heavy atom. The summed E-state index contributed by atoms with van der Waals surface area (Å²) in [5, 5.41) is 12.6. The van der Waals surface area contributed by atoms with E-state index in [4.69, 9.17) is 0 Å². The Bertz CT molecular complexity index is 582. The van der Waals surface area contributed by atoms with Gasteiger partial charge in [0.15, 0.2) is 0 Å². The minimum absolute atomic E-state index is 0.291. The van der Waals surface area contributed by atoms with E-state index in [0.717, 1.165) is 31.5 Å². The maximum absolute atomic E-state index is 4.55. The molecule has 0 fully saturated rings. The molecule has 0 bridgehead atoms. The van der Waals surface area contributed by atoms with Crippen LogP contribution in [0.4, 0.5) is 0 Å². The largest absolute Gasteiger partial charge is 0.309 e. The fraction of sp³-hybridized carbons (Fsp3) is 0.625. The predicted octanol–water partition coefficient (Wildman–Crippen LogP) is 2.31. The van der Waals surface area contributed by atoms with Crippen molar-refractivity contribution < 1.29 is 0 Å². The molecule has 2 heterocycles. The van der Waals surface area contributed by atoms with Crippen molar-refractivity contribution >= 4 is 0 Å². The van der Waals surface area contributed by atoms with Gasteiger partial charge in [-0.1, -0.05) is 13.8 Å². The fourth-order valence-electron chi connectivity index (χ4n) is 2.61. The predicted molar refractivity (Wildman–Crippen MR) is 85.3 cm³/mol. The van der Waals surface area contributed by atoms with E-state index in [1.807, 2.05) is 29.7 Å². The first kappa shape index (κ1) is 15.8. The normalized spacial score (nSPS) is 12.8. The Kier molecular flexibility index (Phi) is 5.17. The molecule has 0 radical (unpaired) electrons. The lowest BCUT2D eigenvalue weighted by atomic mass is 10.0. The quantitative estimate of drug-likeness (QED) is 0.851. The van der Waals surface area contributed by atoms with E-state index >= 15 is 0 Å². The van der Waals surface area contributed by atoms with E-state index in [0.29, 0.717) is 6.04 Å². The highest BCUT2D eigenvalue weighted by Gasteiger charge is 2.18. The maximum Gasteiger partial charge on any atom is 0.0624 e. The van der Waals surface area contributed by atoms with Crippen LogP contribution in [-0.4, -0.2) is 26.1 Å². The van der Waals surface area contributed by atoms with Crippen LogP contribution in [0, 0.1) is 6.92 Å². The molecule has 1 atom stereocenters. The zero-order chi connectivity index (χ0) is 15.4. The van der Waals surface area contributed by atoms with Crippen molar-refractivity contribution in [3.8, 4) is 0 Å². The molecule has 0 amide bonds. The monoisotopic (exact) mass is 289 g/mol. The van der Waals surface area contributed by atoms with Crippen LogP contribution < -0.4 is 5.32 Å². The van der Waals surface area contributed by atoms with E-state index in [2.05, 4.69) is 42.4 Å². The zero-order valence-corrected chi connectivity index (χ0v) is 13.8. The molecular formula is C16H27N5. The van der Waals surface area contributed by atoms with Gasteiger partial charge in [0, 0.05) is 43.5 Å². The number of aryl methyl sites for hydroxylation is 3. The molecule has 2 aromatic heterocycles. The summed E-state index contributed by atoms with van der Waals surface area (Å²) in [7, 11) is 4.02. The summed E-state index contributed by atoms with van der Waals surface area (Å²) >= 11 is 0. The van der Waals surface area contributed by atoms with E-state index in [9.17, 15) is 0 Å². The number of hydrogen-bond acceptors (Lipinski definition) is 3. The van der Waals surface area contributed by atoms with Crippen molar-refractivity contribution in [3.05, 3.63) is 34.9 Å². The number of nitrogens with zero attached hydrogens (tertiary/aromatic N) is 4. The molecule has 1 unspecified atom stereocenters. The van der Waals surface area contributed by atoms with Crippen molar-refractivity contribution in [2.75, 3.05) is 6.54 Å². The summed E-state index contributed by atoms with van der Waals surface area (Å²) in [5.41, 5.74) is 4.93. The van der Waals surface area contributed by atoms with Crippen molar-refractivity contribution in [1.82, 2.24) is 24.9 Å². The van der Waals surface area contributed by atoms with Crippen LogP contribution in [0.5, 0.6) is 0 Å². The Morgan fingerprint density at radius 2 is 2.00 bits per heavy atom. The van der Waals surface area contributed by atoms with Gasteiger partial charge in [0.2, 0.25) is 0 Å². The van der Waals surface area contributed by atoms with E-state index in [-0.39, 0.29) is 0 Å². The Labute approximate surface area is 127 Å². The van der Waals surface area contributed by atoms with Gasteiger partial charge < -0.3 is 5.32 Å². The molecule has 5 heteroatoms. The van der Waals surface area contributed by atoms with Crippen molar-refractivity contribution in [3.63, 3.8) is 0 Å². The van der Waals surface area contributed by atoms with Crippen molar-refractivity contribution in [2.24, 2.45) is 14.1 Å². The summed E-state index contributed by atoms with van der Waals surface area (Å²) in [6.45, 7) is 7.48. The average Bonchev–Trinajstić information content (AvgIpc) is 2.99. The van der Waals surface area contributed by atoms with Gasteiger partial charge in [0.25, 0.3) is 0 Å². The smallest absolute Gasteiger partial charge is 0.0624 e. The van der Waals surface area contributed by atoms with Gasteiger partial charge in [-0.05, 0) is 32.4 Å². The second-order valence-corrected chi connectivity index (χ2v) is 5.62. The summed E-state index contributed by atoms with van der Waals surface area (Å²) in [6, 6.07) is 2.51. The molecule has 0 aliphatic heterocycles. The standard InChI is InChI=1S/C16H27N5/c1-6-8-17-16(15-11-18-20(4)12(15)3)10-14-9-13(7-2)19-21(14)5/h9,11,16-17H,6-8,10H2,1-5H3. The second kappa shape index (κ2) is 6.89. The summed E-state index contributed by atoms with van der Waals surface area (Å²) < 4.78 is 3.95. The molecule has 2 aromatic rings. The van der Waals surface area contributed by atoms with Crippen LogP contribution in [0.15, 0.2) is 12.3 Å². The van der Waals surface area contributed by atoms with Gasteiger partial charge in [-0.15, -0.1) is 0 Å². The minimum atomic E-state index is 0.291.